The smallest absolute Gasteiger partial charge is 0.153 e. The Labute approximate surface area is 120 Å². The average Bonchev–Trinajstić information content (AvgIpc) is 2.66. The highest BCUT2D eigenvalue weighted by Gasteiger charge is 2.21. The fourth-order valence-corrected chi connectivity index (χ4v) is 2.62. The van der Waals surface area contributed by atoms with Crippen molar-refractivity contribution in [3.63, 3.8) is 0 Å². The Morgan fingerprint density at radius 1 is 1.44 bits per heavy atom. The molecule has 8 heteroatoms. The first-order valence-corrected chi connectivity index (χ1v) is 6.59. The fourth-order valence-electron chi connectivity index (χ4n) is 1.67. The summed E-state index contributed by atoms with van der Waals surface area (Å²) in [4.78, 5) is 0. The zero-order valence-electron chi connectivity index (χ0n) is 9.36. The van der Waals surface area contributed by atoms with Crippen LogP contribution >= 0.6 is 31.9 Å². The minimum atomic E-state index is -0.337. The van der Waals surface area contributed by atoms with Crippen molar-refractivity contribution in [2.24, 2.45) is 12.9 Å². The zero-order valence-corrected chi connectivity index (χ0v) is 12.5. The predicted molar refractivity (Wildman–Crippen MR) is 72.0 cm³/mol. The minimum Gasteiger partial charge on any atom is -0.271 e. The molecule has 0 bridgehead atoms. The number of nitrogens with two attached hydrogens (primary N) is 1. The highest BCUT2D eigenvalue weighted by molar-refractivity contribution is 9.10. The van der Waals surface area contributed by atoms with Gasteiger partial charge in [-0.3, -0.25) is 5.84 Å². The van der Waals surface area contributed by atoms with Gasteiger partial charge in [0.05, 0.1) is 16.2 Å². The number of nitrogens with zero attached hydrogens (tertiary/aromatic N) is 3. The van der Waals surface area contributed by atoms with Crippen LogP contribution < -0.4 is 11.3 Å². The summed E-state index contributed by atoms with van der Waals surface area (Å²) in [6, 6.07) is 4.36. The summed E-state index contributed by atoms with van der Waals surface area (Å²) >= 11 is 6.46. The average molecular weight is 379 g/mol. The van der Waals surface area contributed by atoms with Gasteiger partial charge in [-0.15, -0.1) is 5.10 Å². The third-order valence-corrected chi connectivity index (χ3v) is 3.72. The number of aromatic nitrogens is 3. The Hall–Kier alpha value is -0.830. The first-order valence-electron chi connectivity index (χ1n) is 5.00. The molecule has 3 N–H and O–H groups in total. The SMILES string of the molecule is Cn1nnc(Br)c1C(NN)c1ccc(F)c(Br)c1. The Balaban J connectivity index is 2.48. The topological polar surface area (TPSA) is 68.8 Å². The Morgan fingerprint density at radius 2 is 2.17 bits per heavy atom. The lowest BCUT2D eigenvalue weighted by molar-refractivity contribution is 0.565. The van der Waals surface area contributed by atoms with Gasteiger partial charge in [-0.1, -0.05) is 11.3 Å². The third-order valence-electron chi connectivity index (χ3n) is 2.54. The number of aryl methyl sites for hydroxylation is 1. The number of hydrazine groups is 1. The largest absolute Gasteiger partial charge is 0.271 e. The molecule has 0 amide bonds. The molecule has 2 aromatic rings. The molecule has 18 heavy (non-hydrogen) atoms. The van der Waals surface area contributed by atoms with E-state index in [0.717, 1.165) is 11.3 Å². The number of nitrogens with one attached hydrogen (secondary N) is 1. The second-order valence-electron chi connectivity index (χ2n) is 3.66. The number of benzene rings is 1. The standard InChI is InChI=1S/C10H10Br2FN5/c1-18-9(10(12)16-17-18)8(15-14)5-2-3-7(13)6(11)4-5/h2-4,8,15H,14H2,1H3. The van der Waals surface area contributed by atoms with E-state index in [9.17, 15) is 4.39 Å². The van der Waals surface area contributed by atoms with Crippen LogP contribution in [0.2, 0.25) is 0 Å². The van der Waals surface area contributed by atoms with E-state index in [1.54, 1.807) is 23.9 Å². The summed E-state index contributed by atoms with van der Waals surface area (Å²) in [5.41, 5.74) is 4.24. The van der Waals surface area contributed by atoms with Crippen molar-refractivity contribution in [3.8, 4) is 0 Å². The van der Waals surface area contributed by atoms with Gasteiger partial charge < -0.3 is 0 Å². The second kappa shape index (κ2) is 5.43. The molecule has 1 heterocycles. The molecule has 1 aromatic heterocycles. The highest BCUT2D eigenvalue weighted by atomic mass is 79.9. The van der Waals surface area contributed by atoms with Crippen molar-refractivity contribution in [2.45, 2.75) is 6.04 Å². The molecule has 0 radical (unpaired) electrons. The van der Waals surface area contributed by atoms with E-state index in [0.29, 0.717) is 9.08 Å². The molecule has 0 saturated heterocycles. The monoisotopic (exact) mass is 377 g/mol. The quantitative estimate of drug-likeness (QED) is 0.633. The molecule has 1 aromatic carbocycles. The molecule has 0 aliphatic heterocycles. The van der Waals surface area contributed by atoms with E-state index in [-0.39, 0.29) is 11.9 Å². The van der Waals surface area contributed by atoms with Gasteiger partial charge in [0, 0.05) is 7.05 Å². The normalized spacial score (nSPS) is 12.7. The molecule has 0 aliphatic rings. The summed E-state index contributed by atoms with van der Waals surface area (Å²) in [6.45, 7) is 0. The van der Waals surface area contributed by atoms with Crippen LogP contribution in [-0.4, -0.2) is 15.0 Å². The van der Waals surface area contributed by atoms with Gasteiger partial charge >= 0.3 is 0 Å². The van der Waals surface area contributed by atoms with Crippen LogP contribution in [0.1, 0.15) is 17.3 Å². The Bertz CT molecular complexity index is 552. The molecule has 0 saturated carbocycles. The number of halogens is 3. The zero-order chi connectivity index (χ0) is 13.3. The van der Waals surface area contributed by atoms with Gasteiger partial charge in [-0.2, -0.15) is 0 Å². The van der Waals surface area contributed by atoms with E-state index in [2.05, 4.69) is 47.6 Å². The summed E-state index contributed by atoms with van der Waals surface area (Å²) in [7, 11) is 1.76. The maximum absolute atomic E-state index is 13.2. The molecule has 2 rings (SSSR count). The first-order chi connectivity index (χ1) is 8.54. The van der Waals surface area contributed by atoms with Crippen molar-refractivity contribution in [1.29, 1.82) is 0 Å². The fraction of sp³-hybridized carbons (Fsp3) is 0.200. The molecule has 0 fully saturated rings. The van der Waals surface area contributed by atoms with Gasteiger partial charge in [0.25, 0.3) is 0 Å². The van der Waals surface area contributed by atoms with Crippen LogP contribution in [0.25, 0.3) is 0 Å². The number of rotatable bonds is 3. The minimum absolute atomic E-state index is 0.322. The van der Waals surface area contributed by atoms with Gasteiger partial charge in [0.15, 0.2) is 4.60 Å². The van der Waals surface area contributed by atoms with Crippen LogP contribution in [0.4, 0.5) is 4.39 Å². The molecular formula is C10H10Br2FN5. The highest BCUT2D eigenvalue weighted by Crippen LogP contribution is 2.28. The van der Waals surface area contributed by atoms with Crippen molar-refractivity contribution >= 4 is 31.9 Å². The van der Waals surface area contributed by atoms with E-state index < -0.39 is 0 Å². The molecule has 1 unspecified atom stereocenters. The maximum atomic E-state index is 13.2. The lowest BCUT2D eigenvalue weighted by Gasteiger charge is -2.17. The van der Waals surface area contributed by atoms with Gasteiger partial charge in [0.2, 0.25) is 0 Å². The maximum Gasteiger partial charge on any atom is 0.153 e. The Morgan fingerprint density at radius 3 is 2.67 bits per heavy atom. The lowest BCUT2D eigenvalue weighted by Crippen LogP contribution is -2.30. The molecular weight excluding hydrogens is 369 g/mol. The van der Waals surface area contributed by atoms with Crippen LogP contribution in [-0.2, 0) is 7.05 Å². The first kappa shape index (κ1) is 13.6. The molecule has 0 aliphatic carbocycles. The lowest BCUT2D eigenvalue weighted by atomic mass is 10.0. The predicted octanol–water partition coefficient (Wildman–Crippen LogP) is 2.03. The summed E-state index contributed by atoms with van der Waals surface area (Å²) in [6.07, 6.45) is 0. The van der Waals surface area contributed by atoms with Crippen molar-refractivity contribution in [3.05, 3.63) is 44.3 Å². The van der Waals surface area contributed by atoms with Crippen LogP contribution in [0.15, 0.2) is 27.3 Å². The van der Waals surface area contributed by atoms with Crippen LogP contribution in [0.5, 0.6) is 0 Å². The summed E-state index contributed by atoms with van der Waals surface area (Å²) < 4.78 is 15.8. The molecule has 1 atom stereocenters. The van der Waals surface area contributed by atoms with Gasteiger partial charge in [-0.05, 0) is 49.6 Å². The van der Waals surface area contributed by atoms with E-state index in [4.69, 9.17) is 5.84 Å². The van der Waals surface area contributed by atoms with Crippen LogP contribution in [0, 0.1) is 5.82 Å². The molecule has 96 valence electrons. The van der Waals surface area contributed by atoms with Gasteiger partial charge in [-0.25, -0.2) is 14.5 Å². The van der Waals surface area contributed by atoms with Crippen molar-refractivity contribution in [1.82, 2.24) is 20.4 Å². The third kappa shape index (κ3) is 2.46. The molecule has 0 spiro atoms. The second-order valence-corrected chi connectivity index (χ2v) is 5.27. The summed E-state index contributed by atoms with van der Waals surface area (Å²) in [5, 5.41) is 7.79. The van der Waals surface area contributed by atoms with Gasteiger partial charge in [0.1, 0.15) is 5.82 Å². The van der Waals surface area contributed by atoms with E-state index >= 15 is 0 Å². The van der Waals surface area contributed by atoms with E-state index in [1.165, 1.54) is 6.07 Å². The Kier molecular flexibility index (Phi) is 4.10. The summed E-state index contributed by atoms with van der Waals surface area (Å²) in [5.74, 6) is 5.25. The van der Waals surface area contributed by atoms with E-state index in [1.807, 2.05) is 0 Å². The van der Waals surface area contributed by atoms with Crippen molar-refractivity contribution in [2.75, 3.05) is 0 Å². The molecule has 5 nitrogen and oxygen atoms in total. The van der Waals surface area contributed by atoms with Crippen molar-refractivity contribution < 1.29 is 4.39 Å². The number of hydrogen-bond donors (Lipinski definition) is 2. The number of hydrogen-bond acceptors (Lipinski definition) is 4. The van der Waals surface area contributed by atoms with Crippen LogP contribution in [0.3, 0.4) is 0 Å².